The van der Waals surface area contributed by atoms with Crippen molar-refractivity contribution < 1.29 is 9.59 Å². The summed E-state index contributed by atoms with van der Waals surface area (Å²) >= 11 is 7.90. The third-order valence-electron chi connectivity index (χ3n) is 6.65. The Bertz CT molecular complexity index is 1230. The molecule has 0 fully saturated rings. The largest absolute Gasteiger partial charge is 0.330 e. The molecule has 1 aromatic heterocycles. The van der Waals surface area contributed by atoms with E-state index in [0.29, 0.717) is 23.7 Å². The van der Waals surface area contributed by atoms with E-state index in [-0.39, 0.29) is 35.7 Å². The molecule has 1 aliphatic heterocycles. The number of amides is 2. The van der Waals surface area contributed by atoms with Crippen LogP contribution in [0.4, 0.5) is 0 Å². The summed E-state index contributed by atoms with van der Waals surface area (Å²) in [5.74, 6) is 0.0261. The Hall–Kier alpha value is -2.63. The van der Waals surface area contributed by atoms with Crippen LogP contribution in [0.15, 0.2) is 60.0 Å². The van der Waals surface area contributed by atoms with E-state index in [1.807, 2.05) is 4.90 Å². The van der Waals surface area contributed by atoms with Crippen LogP contribution >= 0.6 is 22.9 Å². The van der Waals surface area contributed by atoms with Gasteiger partial charge in [0.15, 0.2) is 0 Å². The molecule has 0 aliphatic carbocycles. The second kappa shape index (κ2) is 10.8. The average Bonchev–Trinajstić information content (AvgIpc) is 3.30. The standard InChI is InChI=1S/C30H35ClN2O2S/c1-20(2)18-32(29(35)22-7-6-8-24(31)17-22)19-27(34)33-15-13-26-25(14-16-36-26)28(33)21-9-11-23(12-10-21)30(3,4)5/h6-12,14,16-17,20,28H,13,15,18-19H2,1-5H3. The minimum absolute atomic E-state index is 0.0345. The van der Waals surface area contributed by atoms with E-state index in [2.05, 4.69) is 70.3 Å². The lowest BCUT2D eigenvalue weighted by Gasteiger charge is -2.38. The van der Waals surface area contributed by atoms with Crippen LogP contribution in [0.3, 0.4) is 0 Å². The average molecular weight is 523 g/mol. The first kappa shape index (κ1) is 26.4. The van der Waals surface area contributed by atoms with Gasteiger partial charge in [-0.3, -0.25) is 9.59 Å². The van der Waals surface area contributed by atoms with E-state index in [0.717, 1.165) is 12.0 Å². The molecule has 2 heterocycles. The zero-order valence-electron chi connectivity index (χ0n) is 21.8. The third kappa shape index (κ3) is 5.84. The maximum absolute atomic E-state index is 13.8. The molecule has 0 saturated carbocycles. The maximum atomic E-state index is 13.8. The predicted octanol–water partition coefficient (Wildman–Crippen LogP) is 6.97. The highest BCUT2D eigenvalue weighted by atomic mass is 35.5. The summed E-state index contributed by atoms with van der Waals surface area (Å²) in [7, 11) is 0. The number of fused-ring (bicyclic) bond motifs is 1. The van der Waals surface area contributed by atoms with Crippen LogP contribution in [0.25, 0.3) is 0 Å². The molecule has 36 heavy (non-hydrogen) atoms. The minimum atomic E-state index is -0.168. The topological polar surface area (TPSA) is 40.6 Å². The van der Waals surface area contributed by atoms with Crippen molar-refractivity contribution in [2.24, 2.45) is 5.92 Å². The molecule has 4 rings (SSSR count). The van der Waals surface area contributed by atoms with Gasteiger partial charge in [0.25, 0.3) is 5.91 Å². The predicted molar refractivity (Wildman–Crippen MR) is 149 cm³/mol. The fourth-order valence-corrected chi connectivity index (χ4v) is 5.92. The van der Waals surface area contributed by atoms with Gasteiger partial charge in [-0.05, 0) is 64.1 Å². The van der Waals surface area contributed by atoms with Crippen molar-refractivity contribution in [1.29, 1.82) is 0 Å². The zero-order valence-corrected chi connectivity index (χ0v) is 23.3. The molecule has 2 amide bonds. The molecule has 1 unspecified atom stereocenters. The molecule has 6 heteroatoms. The van der Waals surface area contributed by atoms with E-state index in [4.69, 9.17) is 11.6 Å². The van der Waals surface area contributed by atoms with Gasteiger partial charge in [-0.25, -0.2) is 0 Å². The highest BCUT2D eigenvalue weighted by molar-refractivity contribution is 7.10. The van der Waals surface area contributed by atoms with Crippen LogP contribution in [0.5, 0.6) is 0 Å². The smallest absolute Gasteiger partial charge is 0.254 e. The van der Waals surface area contributed by atoms with Gasteiger partial charge in [-0.2, -0.15) is 0 Å². The van der Waals surface area contributed by atoms with Gasteiger partial charge in [0, 0.05) is 28.6 Å². The first-order valence-corrected chi connectivity index (χ1v) is 13.8. The first-order chi connectivity index (χ1) is 17.0. The number of hydrogen-bond acceptors (Lipinski definition) is 3. The lowest BCUT2D eigenvalue weighted by Crippen LogP contribution is -2.47. The zero-order chi connectivity index (χ0) is 26.0. The Labute approximate surface area is 223 Å². The molecule has 0 spiro atoms. The fraction of sp³-hybridized carbons (Fsp3) is 0.400. The van der Waals surface area contributed by atoms with E-state index >= 15 is 0 Å². The highest BCUT2D eigenvalue weighted by Crippen LogP contribution is 2.38. The minimum Gasteiger partial charge on any atom is -0.330 e. The Balaban J connectivity index is 1.63. The molecule has 0 bridgehead atoms. The van der Waals surface area contributed by atoms with Crippen molar-refractivity contribution >= 4 is 34.8 Å². The molecule has 1 aliphatic rings. The summed E-state index contributed by atoms with van der Waals surface area (Å²) in [6.07, 6.45) is 0.835. The van der Waals surface area contributed by atoms with E-state index in [1.165, 1.54) is 16.0 Å². The molecule has 1 atom stereocenters. The van der Waals surface area contributed by atoms with Crippen molar-refractivity contribution in [2.75, 3.05) is 19.6 Å². The van der Waals surface area contributed by atoms with Gasteiger partial charge in [0.05, 0.1) is 6.04 Å². The number of nitrogens with zero attached hydrogens (tertiary/aromatic N) is 2. The first-order valence-electron chi connectivity index (χ1n) is 12.6. The Morgan fingerprint density at radius 1 is 1.11 bits per heavy atom. The lowest BCUT2D eigenvalue weighted by atomic mass is 9.85. The van der Waals surface area contributed by atoms with Crippen LogP contribution in [-0.2, 0) is 16.6 Å². The van der Waals surface area contributed by atoms with Crippen LogP contribution in [-0.4, -0.2) is 41.2 Å². The highest BCUT2D eigenvalue weighted by Gasteiger charge is 2.34. The van der Waals surface area contributed by atoms with E-state index in [9.17, 15) is 9.59 Å². The fourth-order valence-electron chi connectivity index (χ4n) is 4.83. The van der Waals surface area contributed by atoms with Crippen molar-refractivity contribution in [1.82, 2.24) is 9.80 Å². The summed E-state index contributed by atoms with van der Waals surface area (Å²) in [5, 5.41) is 2.62. The number of carbonyl (C=O) groups is 2. The summed E-state index contributed by atoms with van der Waals surface area (Å²) in [4.78, 5) is 32.2. The summed E-state index contributed by atoms with van der Waals surface area (Å²) in [6.45, 7) is 11.9. The molecular weight excluding hydrogens is 488 g/mol. The van der Waals surface area contributed by atoms with Gasteiger partial charge in [-0.15, -0.1) is 11.3 Å². The maximum Gasteiger partial charge on any atom is 0.254 e. The SMILES string of the molecule is CC(C)CN(CC(=O)N1CCc2sccc2C1c1ccc(C(C)(C)C)cc1)C(=O)c1cccc(Cl)c1. The van der Waals surface area contributed by atoms with Crippen molar-refractivity contribution in [2.45, 2.75) is 52.5 Å². The van der Waals surface area contributed by atoms with Crippen molar-refractivity contribution in [3.8, 4) is 0 Å². The number of benzene rings is 2. The summed E-state index contributed by atoms with van der Waals surface area (Å²) in [6, 6.07) is 17.6. The van der Waals surface area contributed by atoms with Crippen molar-refractivity contribution in [3.05, 3.63) is 92.1 Å². The molecule has 0 N–H and O–H groups in total. The van der Waals surface area contributed by atoms with Gasteiger partial charge in [-0.1, -0.05) is 76.6 Å². The second-order valence-corrected chi connectivity index (χ2v) is 12.4. The Kier molecular flexibility index (Phi) is 7.91. The van der Waals surface area contributed by atoms with E-state index in [1.54, 1.807) is 40.5 Å². The molecule has 4 nitrogen and oxygen atoms in total. The second-order valence-electron chi connectivity index (χ2n) is 11.0. The number of rotatable bonds is 6. The molecule has 0 radical (unpaired) electrons. The number of hydrogen-bond donors (Lipinski definition) is 0. The molecule has 190 valence electrons. The Morgan fingerprint density at radius 3 is 2.47 bits per heavy atom. The quantitative estimate of drug-likeness (QED) is 0.350. The van der Waals surface area contributed by atoms with Gasteiger partial charge in [0.2, 0.25) is 5.91 Å². The van der Waals surface area contributed by atoms with Gasteiger partial charge >= 0.3 is 0 Å². The normalized spacial score (nSPS) is 15.6. The van der Waals surface area contributed by atoms with Crippen LogP contribution < -0.4 is 0 Å². The van der Waals surface area contributed by atoms with Crippen LogP contribution in [0.2, 0.25) is 5.02 Å². The van der Waals surface area contributed by atoms with Crippen molar-refractivity contribution in [3.63, 3.8) is 0 Å². The Morgan fingerprint density at radius 2 is 1.83 bits per heavy atom. The number of halogens is 1. The molecule has 3 aromatic rings. The molecule has 2 aromatic carbocycles. The van der Waals surface area contributed by atoms with Crippen LogP contribution in [0.1, 0.15) is 72.6 Å². The molecular formula is C30H35ClN2O2S. The van der Waals surface area contributed by atoms with Gasteiger partial charge < -0.3 is 9.80 Å². The number of thiophene rings is 1. The lowest BCUT2D eigenvalue weighted by molar-refractivity contribution is -0.134. The summed E-state index contributed by atoms with van der Waals surface area (Å²) < 4.78 is 0. The number of carbonyl (C=O) groups excluding carboxylic acids is 2. The van der Waals surface area contributed by atoms with Gasteiger partial charge in [0.1, 0.15) is 6.54 Å². The third-order valence-corrected chi connectivity index (χ3v) is 7.88. The molecule has 0 saturated heterocycles. The monoisotopic (exact) mass is 522 g/mol. The van der Waals surface area contributed by atoms with Crippen LogP contribution in [0, 0.1) is 5.92 Å². The summed E-state index contributed by atoms with van der Waals surface area (Å²) in [5.41, 5.74) is 4.13. The van der Waals surface area contributed by atoms with E-state index < -0.39 is 0 Å².